The van der Waals surface area contributed by atoms with E-state index in [-0.39, 0.29) is 0 Å². The minimum Gasteiger partial charge on any atom is -0.388 e. The Morgan fingerprint density at radius 3 is 2.73 bits per heavy atom. The van der Waals surface area contributed by atoms with Gasteiger partial charge in [0.25, 0.3) is 0 Å². The second-order valence-electron chi connectivity index (χ2n) is 2.08. The molecule has 0 aliphatic rings. The first-order valence-electron chi connectivity index (χ1n) is 3.48. The normalized spacial score (nSPS) is 9.64. The molecule has 2 N–H and O–H groups in total. The van der Waals surface area contributed by atoms with Crippen LogP contribution in [0.2, 0.25) is 0 Å². The Kier molecular flexibility index (Phi) is 3.26. The lowest BCUT2D eigenvalue weighted by molar-refractivity contribution is 1.27. The fourth-order valence-electron chi connectivity index (χ4n) is 0.833. The van der Waals surface area contributed by atoms with Crippen LogP contribution in [0.25, 0.3) is 0 Å². The van der Waals surface area contributed by atoms with E-state index in [1.54, 1.807) is 11.9 Å². The van der Waals surface area contributed by atoms with Gasteiger partial charge < -0.3 is 5.32 Å². The van der Waals surface area contributed by atoms with Gasteiger partial charge in [-0.15, -0.1) is 0 Å². The summed E-state index contributed by atoms with van der Waals surface area (Å²) in [6.45, 7) is 0. The molecule has 0 aliphatic heterocycles. The molecular weight excluding hydrogens is 156 g/mol. The highest BCUT2D eigenvalue weighted by Crippen LogP contribution is 2.17. The topological polar surface area (TPSA) is 24.1 Å². The first-order chi connectivity index (χ1) is 5.36. The Morgan fingerprint density at radius 1 is 1.27 bits per heavy atom. The van der Waals surface area contributed by atoms with Crippen LogP contribution in [0.15, 0.2) is 29.2 Å². The van der Waals surface area contributed by atoms with Crippen LogP contribution >= 0.6 is 11.9 Å². The summed E-state index contributed by atoms with van der Waals surface area (Å²) in [6, 6.07) is 8.24. The van der Waals surface area contributed by atoms with Crippen LogP contribution in [0.3, 0.4) is 0 Å². The zero-order chi connectivity index (χ0) is 8.10. The molecule has 0 bridgehead atoms. The van der Waals surface area contributed by atoms with Crippen LogP contribution in [0.4, 0.5) is 5.69 Å². The first-order valence-corrected chi connectivity index (χ1v) is 4.30. The van der Waals surface area contributed by atoms with Crippen LogP contribution in [-0.2, 0) is 0 Å². The van der Waals surface area contributed by atoms with Gasteiger partial charge in [0.05, 0.1) is 0 Å². The number of benzene rings is 1. The Hall–Kier alpha value is -0.670. The number of nitrogens with one attached hydrogen (secondary N) is 2. The zero-order valence-corrected chi connectivity index (χ0v) is 7.53. The molecule has 2 nitrogen and oxygen atoms in total. The van der Waals surface area contributed by atoms with Gasteiger partial charge in [0.15, 0.2) is 0 Å². The summed E-state index contributed by atoms with van der Waals surface area (Å²) in [6.07, 6.45) is 0. The molecule has 0 fully saturated rings. The van der Waals surface area contributed by atoms with E-state index < -0.39 is 0 Å². The second kappa shape index (κ2) is 4.26. The molecule has 0 radical (unpaired) electrons. The monoisotopic (exact) mass is 168 g/mol. The molecule has 11 heavy (non-hydrogen) atoms. The van der Waals surface area contributed by atoms with Crippen LogP contribution in [0.5, 0.6) is 0 Å². The maximum Gasteiger partial charge on any atom is 0.0349 e. The van der Waals surface area contributed by atoms with Crippen molar-refractivity contribution in [2.24, 2.45) is 0 Å². The molecule has 0 unspecified atom stereocenters. The van der Waals surface area contributed by atoms with E-state index in [9.17, 15) is 0 Å². The molecule has 0 amide bonds. The average molecular weight is 168 g/mol. The quantitative estimate of drug-likeness (QED) is 0.675. The first kappa shape index (κ1) is 8.43. The van der Waals surface area contributed by atoms with Gasteiger partial charge in [-0.2, -0.15) is 0 Å². The minimum atomic E-state index is 1.14. The molecule has 0 aromatic heterocycles. The van der Waals surface area contributed by atoms with Crippen LogP contribution in [-0.4, -0.2) is 14.1 Å². The lowest BCUT2D eigenvalue weighted by Crippen LogP contribution is -1.92. The van der Waals surface area contributed by atoms with Crippen molar-refractivity contribution in [3.8, 4) is 0 Å². The van der Waals surface area contributed by atoms with Gasteiger partial charge in [0.1, 0.15) is 0 Å². The number of rotatable bonds is 3. The van der Waals surface area contributed by atoms with Gasteiger partial charge in [-0.3, -0.25) is 4.72 Å². The molecule has 60 valence electrons. The van der Waals surface area contributed by atoms with E-state index >= 15 is 0 Å². The Morgan fingerprint density at radius 2 is 2.09 bits per heavy atom. The van der Waals surface area contributed by atoms with Gasteiger partial charge in [0, 0.05) is 17.6 Å². The highest BCUT2D eigenvalue weighted by molar-refractivity contribution is 7.97. The molecule has 3 heteroatoms. The molecule has 0 spiro atoms. The Balaban J connectivity index is 2.74. The molecule has 0 saturated carbocycles. The summed E-state index contributed by atoms with van der Waals surface area (Å²) in [5.74, 6) is 0. The summed E-state index contributed by atoms with van der Waals surface area (Å²) < 4.78 is 3.02. The predicted octanol–water partition coefficient (Wildman–Crippen LogP) is 1.95. The fraction of sp³-hybridized carbons (Fsp3) is 0.250. The van der Waals surface area contributed by atoms with Gasteiger partial charge in [-0.25, -0.2) is 0 Å². The number of hydrogen-bond donors (Lipinski definition) is 2. The molecule has 1 rings (SSSR count). The van der Waals surface area contributed by atoms with Crippen molar-refractivity contribution in [2.45, 2.75) is 4.90 Å². The lowest BCUT2D eigenvalue weighted by Gasteiger charge is -2.02. The molecular formula is C8H12N2S. The van der Waals surface area contributed by atoms with E-state index in [0.29, 0.717) is 0 Å². The molecule has 0 atom stereocenters. The van der Waals surface area contributed by atoms with Crippen molar-refractivity contribution < 1.29 is 0 Å². The van der Waals surface area contributed by atoms with Crippen molar-refractivity contribution in [3.63, 3.8) is 0 Å². The summed E-state index contributed by atoms with van der Waals surface area (Å²) in [5, 5.41) is 3.08. The largest absolute Gasteiger partial charge is 0.388 e. The van der Waals surface area contributed by atoms with Crippen molar-refractivity contribution >= 4 is 17.6 Å². The SMILES string of the molecule is CNSc1cccc(NC)c1. The van der Waals surface area contributed by atoms with E-state index in [2.05, 4.69) is 22.2 Å². The summed E-state index contributed by atoms with van der Waals surface area (Å²) in [7, 11) is 3.83. The van der Waals surface area contributed by atoms with E-state index in [1.807, 2.05) is 26.2 Å². The maximum atomic E-state index is 3.08. The summed E-state index contributed by atoms with van der Waals surface area (Å²) in [4.78, 5) is 1.22. The third-order valence-electron chi connectivity index (χ3n) is 1.34. The molecule has 1 aromatic carbocycles. The van der Waals surface area contributed by atoms with E-state index in [0.717, 1.165) is 5.69 Å². The van der Waals surface area contributed by atoms with Gasteiger partial charge in [-0.1, -0.05) is 6.07 Å². The predicted molar refractivity (Wildman–Crippen MR) is 50.9 cm³/mol. The van der Waals surface area contributed by atoms with Gasteiger partial charge in [0.2, 0.25) is 0 Å². The van der Waals surface area contributed by atoms with Gasteiger partial charge in [-0.05, 0) is 37.2 Å². The van der Waals surface area contributed by atoms with Gasteiger partial charge >= 0.3 is 0 Å². The second-order valence-corrected chi connectivity index (χ2v) is 3.17. The van der Waals surface area contributed by atoms with E-state index in [1.165, 1.54) is 4.90 Å². The Bertz CT molecular complexity index is 225. The number of anilines is 1. The highest BCUT2D eigenvalue weighted by Gasteiger charge is 1.91. The molecule has 0 aliphatic carbocycles. The smallest absolute Gasteiger partial charge is 0.0349 e. The molecule has 0 saturated heterocycles. The fourth-order valence-corrected chi connectivity index (χ4v) is 1.40. The standard InChI is InChI=1S/C8H12N2S/c1-9-7-4-3-5-8(6-7)11-10-2/h3-6,9-10H,1-2H3. The highest BCUT2D eigenvalue weighted by atomic mass is 32.2. The summed E-state index contributed by atoms with van der Waals surface area (Å²) >= 11 is 1.61. The third kappa shape index (κ3) is 2.44. The summed E-state index contributed by atoms with van der Waals surface area (Å²) in [5.41, 5.74) is 1.14. The van der Waals surface area contributed by atoms with E-state index in [4.69, 9.17) is 0 Å². The average Bonchev–Trinajstić information content (AvgIpc) is 2.06. The maximum absolute atomic E-state index is 3.08. The number of hydrogen-bond acceptors (Lipinski definition) is 3. The zero-order valence-electron chi connectivity index (χ0n) is 6.72. The van der Waals surface area contributed by atoms with Crippen LogP contribution in [0, 0.1) is 0 Å². The molecule has 0 heterocycles. The third-order valence-corrected chi connectivity index (χ3v) is 2.04. The minimum absolute atomic E-state index is 1.14. The van der Waals surface area contributed by atoms with Crippen molar-refractivity contribution in [3.05, 3.63) is 24.3 Å². The van der Waals surface area contributed by atoms with Crippen molar-refractivity contribution in [1.29, 1.82) is 0 Å². The molecule has 1 aromatic rings. The van der Waals surface area contributed by atoms with Crippen LogP contribution < -0.4 is 10.0 Å². The van der Waals surface area contributed by atoms with Crippen molar-refractivity contribution in [1.82, 2.24) is 4.72 Å². The lowest BCUT2D eigenvalue weighted by atomic mass is 10.3. The van der Waals surface area contributed by atoms with Crippen molar-refractivity contribution in [2.75, 3.05) is 19.4 Å². The Labute approximate surface area is 71.5 Å². The van der Waals surface area contributed by atoms with Crippen LogP contribution in [0.1, 0.15) is 0 Å².